The number of halogens is 2. The van der Waals surface area contributed by atoms with E-state index in [0.717, 1.165) is 0 Å². The van der Waals surface area contributed by atoms with Crippen molar-refractivity contribution in [1.82, 2.24) is 0 Å². The minimum atomic E-state index is -0.283. The van der Waals surface area contributed by atoms with Crippen LogP contribution in [-0.2, 0) is 0 Å². The molecule has 0 aromatic carbocycles. The number of nitrogens with zero attached hydrogens (tertiary/aromatic N) is 2. The Bertz CT molecular complexity index is 171. The van der Waals surface area contributed by atoms with Crippen molar-refractivity contribution >= 4 is 23.2 Å². The van der Waals surface area contributed by atoms with Crippen LogP contribution in [0.15, 0.2) is 10.2 Å². The standard InChI is InChI=1S/C4Cl2N2/c1-8-4(6)3(5)2-7. The van der Waals surface area contributed by atoms with Gasteiger partial charge in [0.05, 0.1) is 6.57 Å². The molecule has 40 valence electrons. The molecule has 0 aliphatic rings. The molecule has 0 aliphatic heterocycles. The summed E-state index contributed by atoms with van der Waals surface area (Å²) in [5.74, 6) is 0. The lowest BCUT2D eigenvalue weighted by Gasteiger charge is -1.77. The monoisotopic (exact) mass is 146 g/mol. The van der Waals surface area contributed by atoms with Gasteiger partial charge in [-0.15, -0.1) is 11.6 Å². The van der Waals surface area contributed by atoms with Gasteiger partial charge in [-0.3, -0.25) is 0 Å². The third-order valence-corrected chi connectivity index (χ3v) is 1.01. The number of hydrogen-bond donors (Lipinski definition) is 0. The summed E-state index contributed by atoms with van der Waals surface area (Å²) in [4.78, 5) is 2.70. The van der Waals surface area contributed by atoms with Crippen molar-refractivity contribution in [1.29, 1.82) is 5.26 Å². The molecule has 0 aromatic rings. The second kappa shape index (κ2) is 3.32. The Kier molecular flexibility index (Phi) is 3.03. The third-order valence-electron chi connectivity index (χ3n) is 0.377. The fraction of sp³-hybridized carbons (Fsp3) is 0. The summed E-state index contributed by atoms with van der Waals surface area (Å²) in [6.45, 7) is 6.24. The number of hydrogen-bond acceptors (Lipinski definition) is 1. The summed E-state index contributed by atoms with van der Waals surface area (Å²) in [5, 5.41) is 7.42. The van der Waals surface area contributed by atoms with Crippen molar-refractivity contribution in [3.05, 3.63) is 21.6 Å². The smallest absolute Gasteiger partial charge is 0.223 e. The zero-order valence-electron chi connectivity index (χ0n) is 3.65. The molecule has 0 bridgehead atoms. The van der Waals surface area contributed by atoms with Gasteiger partial charge in [-0.05, 0) is 0 Å². The topological polar surface area (TPSA) is 28.1 Å². The molecule has 0 N–H and O–H groups in total. The van der Waals surface area contributed by atoms with Gasteiger partial charge in [-0.1, -0.05) is 11.6 Å². The van der Waals surface area contributed by atoms with Crippen LogP contribution in [0.2, 0.25) is 0 Å². The minimum Gasteiger partial charge on any atom is -0.223 e. The van der Waals surface area contributed by atoms with Gasteiger partial charge in [0, 0.05) is 0 Å². The summed E-state index contributed by atoms with van der Waals surface area (Å²) >= 11 is 10.2. The molecular weight excluding hydrogens is 147 g/mol. The van der Waals surface area contributed by atoms with E-state index in [9.17, 15) is 0 Å². The highest BCUT2D eigenvalue weighted by molar-refractivity contribution is 6.41. The molecule has 4 heteroatoms. The van der Waals surface area contributed by atoms with Gasteiger partial charge >= 0.3 is 0 Å². The molecule has 0 saturated heterocycles. The van der Waals surface area contributed by atoms with E-state index in [4.69, 9.17) is 35.0 Å². The summed E-state index contributed by atoms with van der Waals surface area (Å²) < 4.78 is 0. The fourth-order valence-electron chi connectivity index (χ4n) is 0.0952. The molecule has 0 saturated carbocycles. The van der Waals surface area contributed by atoms with Crippen LogP contribution in [0.4, 0.5) is 0 Å². The van der Waals surface area contributed by atoms with Gasteiger partial charge in [0.2, 0.25) is 0 Å². The van der Waals surface area contributed by atoms with E-state index in [1.165, 1.54) is 6.07 Å². The van der Waals surface area contributed by atoms with Crippen LogP contribution in [0.3, 0.4) is 0 Å². The maximum atomic E-state index is 7.97. The zero-order chi connectivity index (χ0) is 6.57. The SMILES string of the molecule is [C-]#[N+]C(Cl)=C(Cl)C#N. The molecule has 0 aromatic heterocycles. The Morgan fingerprint density at radius 1 is 1.62 bits per heavy atom. The Morgan fingerprint density at radius 2 is 2.12 bits per heavy atom. The van der Waals surface area contributed by atoms with Gasteiger partial charge in [0.1, 0.15) is 11.1 Å². The summed E-state index contributed by atoms with van der Waals surface area (Å²) in [6.07, 6.45) is 0. The Labute approximate surface area is 56.7 Å². The van der Waals surface area contributed by atoms with Gasteiger partial charge in [-0.25, -0.2) is 4.85 Å². The second-order valence-corrected chi connectivity index (χ2v) is 1.56. The number of rotatable bonds is 0. The first-order chi connectivity index (χ1) is 3.72. The molecule has 2 nitrogen and oxygen atoms in total. The van der Waals surface area contributed by atoms with Crippen LogP contribution in [0.1, 0.15) is 0 Å². The molecule has 0 rings (SSSR count). The molecule has 0 fully saturated rings. The van der Waals surface area contributed by atoms with Crippen LogP contribution >= 0.6 is 23.2 Å². The lowest BCUT2D eigenvalue weighted by atomic mass is 10.7. The molecule has 0 unspecified atom stereocenters. The normalized spacial score (nSPS) is 11.0. The molecule has 0 radical (unpaired) electrons. The van der Waals surface area contributed by atoms with Crippen molar-refractivity contribution in [3.63, 3.8) is 0 Å². The zero-order valence-corrected chi connectivity index (χ0v) is 5.16. The molecule has 0 amide bonds. The van der Waals surface area contributed by atoms with Crippen LogP contribution in [0.5, 0.6) is 0 Å². The Morgan fingerprint density at radius 3 is 2.25 bits per heavy atom. The summed E-state index contributed by atoms with van der Waals surface area (Å²) in [5.41, 5.74) is 0. The van der Waals surface area contributed by atoms with E-state index in [1.807, 2.05) is 0 Å². The molecule has 8 heavy (non-hydrogen) atoms. The molecule has 0 atom stereocenters. The molecular formula is C4Cl2N2. The van der Waals surface area contributed by atoms with Crippen molar-refractivity contribution in [2.75, 3.05) is 0 Å². The second-order valence-electron chi connectivity index (χ2n) is 0.828. The van der Waals surface area contributed by atoms with Crippen molar-refractivity contribution in [2.45, 2.75) is 0 Å². The van der Waals surface area contributed by atoms with Gasteiger partial charge < -0.3 is 0 Å². The van der Waals surface area contributed by atoms with E-state index < -0.39 is 0 Å². The van der Waals surface area contributed by atoms with E-state index >= 15 is 0 Å². The van der Waals surface area contributed by atoms with Gasteiger partial charge in [0.15, 0.2) is 0 Å². The highest BCUT2D eigenvalue weighted by atomic mass is 35.5. The predicted octanol–water partition coefficient (Wildman–Crippen LogP) is 2.08. The van der Waals surface area contributed by atoms with Gasteiger partial charge in [-0.2, -0.15) is 5.26 Å². The van der Waals surface area contributed by atoms with E-state index in [0.29, 0.717) is 0 Å². The Hall–Kier alpha value is -0.700. The number of allylic oxidation sites excluding steroid dienone is 1. The quantitative estimate of drug-likeness (QED) is 0.293. The van der Waals surface area contributed by atoms with Crippen LogP contribution in [0, 0.1) is 17.9 Å². The summed E-state index contributed by atoms with van der Waals surface area (Å²) in [6, 6.07) is 1.51. The Balaban J connectivity index is 4.41. The lowest BCUT2D eigenvalue weighted by molar-refractivity contribution is 1.52. The van der Waals surface area contributed by atoms with Crippen LogP contribution in [0.25, 0.3) is 4.85 Å². The fourth-order valence-corrected chi connectivity index (χ4v) is 0.180. The first-order valence-corrected chi connectivity index (χ1v) is 2.30. The van der Waals surface area contributed by atoms with Crippen molar-refractivity contribution in [2.24, 2.45) is 0 Å². The molecule has 0 heterocycles. The average molecular weight is 147 g/mol. The van der Waals surface area contributed by atoms with E-state index in [2.05, 4.69) is 4.85 Å². The minimum absolute atomic E-state index is 0.262. The summed E-state index contributed by atoms with van der Waals surface area (Å²) in [7, 11) is 0. The third kappa shape index (κ3) is 1.84. The van der Waals surface area contributed by atoms with Crippen molar-refractivity contribution in [3.8, 4) is 6.07 Å². The van der Waals surface area contributed by atoms with Crippen molar-refractivity contribution < 1.29 is 0 Å². The number of nitriles is 1. The first-order valence-electron chi connectivity index (χ1n) is 1.55. The largest absolute Gasteiger partial charge is 0.281 e. The highest BCUT2D eigenvalue weighted by Crippen LogP contribution is 2.12. The average Bonchev–Trinajstić information content (AvgIpc) is 1.84. The van der Waals surface area contributed by atoms with Gasteiger partial charge in [0.25, 0.3) is 5.16 Å². The van der Waals surface area contributed by atoms with E-state index in [-0.39, 0.29) is 10.2 Å². The molecule has 0 aliphatic carbocycles. The van der Waals surface area contributed by atoms with Crippen LogP contribution < -0.4 is 0 Å². The first kappa shape index (κ1) is 7.30. The maximum Gasteiger partial charge on any atom is 0.281 e. The highest BCUT2D eigenvalue weighted by Gasteiger charge is 1.95. The molecule has 0 spiro atoms. The maximum absolute atomic E-state index is 7.97. The lowest BCUT2D eigenvalue weighted by Crippen LogP contribution is -1.63. The predicted molar refractivity (Wildman–Crippen MR) is 30.9 cm³/mol. The van der Waals surface area contributed by atoms with Crippen LogP contribution in [-0.4, -0.2) is 0 Å². The van der Waals surface area contributed by atoms with E-state index in [1.54, 1.807) is 0 Å².